The first kappa shape index (κ1) is 9.31. The molecule has 0 spiro atoms. The molecule has 0 saturated carbocycles. The summed E-state index contributed by atoms with van der Waals surface area (Å²) in [4.78, 5) is 0. The fraction of sp³-hybridized carbons (Fsp3) is 0.455. The number of halogens is 1. The SMILES string of the molecule is COc1cccc2c1CCC(F)CN2. The van der Waals surface area contributed by atoms with Crippen molar-refractivity contribution in [1.82, 2.24) is 0 Å². The predicted octanol–water partition coefficient (Wildman–Crippen LogP) is 2.39. The van der Waals surface area contributed by atoms with E-state index in [1.165, 1.54) is 0 Å². The van der Waals surface area contributed by atoms with Gasteiger partial charge in [-0.1, -0.05) is 6.07 Å². The van der Waals surface area contributed by atoms with Crippen molar-refractivity contribution in [3.05, 3.63) is 23.8 Å². The standard InChI is InChI=1S/C11H14FNO/c1-14-11-4-2-3-10-9(11)6-5-8(12)7-13-10/h2-4,8,13H,5-7H2,1H3. The number of anilines is 1. The van der Waals surface area contributed by atoms with E-state index in [1.54, 1.807) is 7.11 Å². The molecule has 3 heteroatoms. The minimum atomic E-state index is -0.757. The van der Waals surface area contributed by atoms with Gasteiger partial charge in [0.2, 0.25) is 0 Å². The average molecular weight is 195 g/mol. The molecule has 76 valence electrons. The average Bonchev–Trinajstić information content (AvgIpc) is 2.41. The summed E-state index contributed by atoms with van der Waals surface area (Å²) in [5, 5.41) is 3.09. The van der Waals surface area contributed by atoms with Crippen LogP contribution in [-0.2, 0) is 6.42 Å². The molecule has 1 aromatic carbocycles. The fourth-order valence-electron chi connectivity index (χ4n) is 1.80. The van der Waals surface area contributed by atoms with E-state index in [0.29, 0.717) is 13.0 Å². The molecule has 0 fully saturated rings. The Morgan fingerprint density at radius 1 is 1.50 bits per heavy atom. The van der Waals surface area contributed by atoms with Gasteiger partial charge < -0.3 is 10.1 Å². The molecule has 1 atom stereocenters. The predicted molar refractivity (Wildman–Crippen MR) is 54.7 cm³/mol. The van der Waals surface area contributed by atoms with Crippen molar-refractivity contribution < 1.29 is 9.13 Å². The maximum absolute atomic E-state index is 13.1. The van der Waals surface area contributed by atoms with E-state index in [1.807, 2.05) is 18.2 Å². The zero-order chi connectivity index (χ0) is 9.97. The highest BCUT2D eigenvalue weighted by molar-refractivity contribution is 5.58. The van der Waals surface area contributed by atoms with Gasteiger partial charge >= 0.3 is 0 Å². The first-order valence-corrected chi connectivity index (χ1v) is 4.85. The molecule has 14 heavy (non-hydrogen) atoms. The van der Waals surface area contributed by atoms with E-state index in [0.717, 1.165) is 23.4 Å². The van der Waals surface area contributed by atoms with E-state index in [2.05, 4.69) is 5.32 Å². The summed E-state index contributed by atoms with van der Waals surface area (Å²) in [6.07, 6.45) is 0.556. The third kappa shape index (κ3) is 1.67. The summed E-state index contributed by atoms with van der Waals surface area (Å²) in [7, 11) is 1.65. The van der Waals surface area contributed by atoms with Crippen LogP contribution in [0.3, 0.4) is 0 Å². The van der Waals surface area contributed by atoms with Crippen LogP contribution >= 0.6 is 0 Å². The number of benzene rings is 1. The molecule has 2 nitrogen and oxygen atoms in total. The number of hydrogen-bond donors (Lipinski definition) is 1. The minimum absolute atomic E-state index is 0.403. The minimum Gasteiger partial charge on any atom is -0.496 e. The molecular formula is C11H14FNO. The lowest BCUT2D eigenvalue weighted by Gasteiger charge is -2.11. The maximum atomic E-state index is 13.1. The third-order valence-electron chi connectivity index (χ3n) is 2.57. The van der Waals surface area contributed by atoms with Crippen LogP contribution < -0.4 is 10.1 Å². The van der Waals surface area contributed by atoms with Crippen molar-refractivity contribution in [3.63, 3.8) is 0 Å². The molecule has 2 rings (SSSR count). The molecule has 0 amide bonds. The Hall–Kier alpha value is -1.25. The van der Waals surface area contributed by atoms with Crippen molar-refractivity contribution in [1.29, 1.82) is 0 Å². The van der Waals surface area contributed by atoms with Crippen LogP contribution in [0.15, 0.2) is 18.2 Å². The zero-order valence-electron chi connectivity index (χ0n) is 8.22. The van der Waals surface area contributed by atoms with Gasteiger partial charge in [-0.2, -0.15) is 0 Å². The summed E-state index contributed by atoms with van der Waals surface area (Å²) in [6.45, 7) is 0.403. The molecule has 0 aromatic heterocycles. The Morgan fingerprint density at radius 2 is 2.36 bits per heavy atom. The summed E-state index contributed by atoms with van der Waals surface area (Å²) in [6, 6.07) is 5.80. The molecular weight excluding hydrogens is 181 g/mol. The fourth-order valence-corrected chi connectivity index (χ4v) is 1.80. The van der Waals surface area contributed by atoms with E-state index in [-0.39, 0.29) is 0 Å². The van der Waals surface area contributed by atoms with E-state index >= 15 is 0 Å². The van der Waals surface area contributed by atoms with Gasteiger partial charge in [-0.15, -0.1) is 0 Å². The van der Waals surface area contributed by atoms with Gasteiger partial charge in [0.15, 0.2) is 0 Å². The van der Waals surface area contributed by atoms with Gasteiger partial charge in [0.1, 0.15) is 11.9 Å². The monoisotopic (exact) mass is 195 g/mol. The van der Waals surface area contributed by atoms with E-state index in [9.17, 15) is 4.39 Å². The molecule has 1 aliphatic rings. The van der Waals surface area contributed by atoms with Gasteiger partial charge in [-0.3, -0.25) is 0 Å². The van der Waals surface area contributed by atoms with Crippen LogP contribution in [0.4, 0.5) is 10.1 Å². The lowest BCUT2D eigenvalue weighted by Crippen LogP contribution is -2.12. The second kappa shape index (κ2) is 3.86. The molecule has 1 aliphatic heterocycles. The lowest BCUT2D eigenvalue weighted by molar-refractivity contribution is 0.332. The van der Waals surface area contributed by atoms with Gasteiger partial charge in [0.25, 0.3) is 0 Å². The van der Waals surface area contributed by atoms with Crippen LogP contribution in [0.25, 0.3) is 0 Å². The highest BCUT2D eigenvalue weighted by Gasteiger charge is 2.17. The second-order valence-electron chi connectivity index (χ2n) is 3.50. The maximum Gasteiger partial charge on any atom is 0.124 e. The first-order chi connectivity index (χ1) is 6.81. The van der Waals surface area contributed by atoms with Crippen molar-refractivity contribution >= 4 is 5.69 Å². The number of methoxy groups -OCH3 is 1. The summed E-state index contributed by atoms with van der Waals surface area (Å²) < 4.78 is 18.4. The van der Waals surface area contributed by atoms with Crippen LogP contribution in [0.2, 0.25) is 0 Å². The Bertz CT molecular complexity index is 327. The van der Waals surface area contributed by atoms with Gasteiger partial charge in [0.05, 0.1) is 7.11 Å². The number of hydrogen-bond acceptors (Lipinski definition) is 2. The van der Waals surface area contributed by atoms with Crippen LogP contribution in [0.5, 0.6) is 5.75 Å². The highest BCUT2D eigenvalue weighted by atomic mass is 19.1. The highest BCUT2D eigenvalue weighted by Crippen LogP contribution is 2.30. The van der Waals surface area contributed by atoms with Gasteiger partial charge in [-0.25, -0.2) is 4.39 Å². The molecule has 1 aromatic rings. The second-order valence-corrected chi connectivity index (χ2v) is 3.50. The van der Waals surface area contributed by atoms with Gasteiger partial charge in [0, 0.05) is 17.8 Å². The van der Waals surface area contributed by atoms with Crippen LogP contribution in [0, 0.1) is 0 Å². The normalized spacial score (nSPS) is 20.6. The largest absolute Gasteiger partial charge is 0.496 e. The molecule has 1 unspecified atom stereocenters. The third-order valence-corrected chi connectivity index (χ3v) is 2.57. The molecule has 0 bridgehead atoms. The number of alkyl halides is 1. The van der Waals surface area contributed by atoms with E-state index in [4.69, 9.17) is 4.74 Å². The van der Waals surface area contributed by atoms with Crippen LogP contribution in [-0.4, -0.2) is 19.8 Å². The molecule has 1 heterocycles. The first-order valence-electron chi connectivity index (χ1n) is 4.85. The smallest absolute Gasteiger partial charge is 0.124 e. The molecule has 0 radical (unpaired) electrons. The summed E-state index contributed by atoms with van der Waals surface area (Å²) in [5.41, 5.74) is 2.10. The van der Waals surface area contributed by atoms with Crippen molar-refractivity contribution in [2.45, 2.75) is 19.0 Å². The Labute approximate surface area is 83.1 Å². The zero-order valence-corrected chi connectivity index (χ0v) is 8.22. The van der Waals surface area contributed by atoms with Crippen LogP contribution in [0.1, 0.15) is 12.0 Å². The van der Waals surface area contributed by atoms with Crippen molar-refractivity contribution in [2.24, 2.45) is 0 Å². The van der Waals surface area contributed by atoms with E-state index < -0.39 is 6.17 Å². The van der Waals surface area contributed by atoms with Crippen molar-refractivity contribution in [2.75, 3.05) is 19.0 Å². The van der Waals surface area contributed by atoms with Crippen molar-refractivity contribution in [3.8, 4) is 5.75 Å². The Balaban J connectivity index is 2.35. The summed E-state index contributed by atoms with van der Waals surface area (Å²) in [5.74, 6) is 0.851. The number of nitrogens with one attached hydrogen (secondary N) is 1. The topological polar surface area (TPSA) is 21.3 Å². The quantitative estimate of drug-likeness (QED) is 0.743. The molecule has 0 saturated heterocycles. The lowest BCUT2D eigenvalue weighted by atomic mass is 10.1. The summed E-state index contributed by atoms with van der Waals surface area (Å²) >= 11 is 0. The Morgan fingerprint density at radius 3 is 3.14 bits per heavy atom. The number of fused-ring (bicyclic) bond motifs is 1. The Kier molecular flexibility index (Phi) is 2.57. The molecule has 0 aliphatic carbocycles. The number of ether oxygens (including phenoxy) is 1. The number of rotatable bonds is 1. The van der Waals surface area contributed by atoms with Gasteiger partial charge in [-0.05, 0) is 25.0 Å². The molecule has 1 N–H and O–H groups in total.